The van der Waals surface area contributed by atoms with E-state index in [-0.39, 0.29) is 5.91 Å². The van der Waals surface area contributed by atoms with Crippen LogP contribution in [0.15, 0.2) is 51.8 Å². The van der Waals surface area contributed by atoms with Crippen LogP contribution in [0.4, 0.5) is 5.69 Å². The van der Waals surface area contributed by atoms with E-state index in [9.17, 15) is 4.79 Å². The fraction of sp³-hybridized carbons (Fsp3) is 0.0588. The van der Waals surface area contributed by atoms with Crippen molar-refractivity contribution in [1.29, 1.82) is 0 Å². The molecule has 0 unspecified atom stereocenters. The van der Waals surface area contributed by atoms with E-state index in [2.05, 4.69) is 15.9 Å². The molecule has 1 fully saturated rings. The second-order valence-electron chi connectivity index (χ2n) is 4.97. The van der Waals surface area contributed by atoms with Gasteiger partial charge in [0.05, 0.1) is 10.6 Å². The predicted octanol–water partition coefficient (Wildman–Crippen LogP) is 5.82. The van der Waals surface area contributed by atoms with Crippen LogP contribution in [0.25, 0.3) is 6.08 Å². The second kappa shape index (κ2) is 6.77. The molecule has 3 rings (SSSR count). The van der Waals surface area contributed by atoms with E-state index in [1.54, 1.807) is 6.07 Å². The number of carbonyl (C=O) groups excluding carboxylic acids is 1. The normalized spacial score (nSPS) is 16.5. The maximum absolute atomic E-state index is 12.7. The van der Waals surface area contributed by atoms with Crippen LogP contribution in [0.5, 0.6) is 0 Å². The van der Waals surface area contributed by atoms with Crippen molar-refractivity contribution in [2.75, 3.05) is 4.90 Å². The number of amides is 1. The molecule has 23 heavy (non-hydrogen) atoms. The summed E-state index contributed by atoms with van der Waals surface area (Å²) in [5.74, 6) is -0.129. The molecule has 1 aliphatic rings. The molecular weight excluding hydrogens is 414 g/mol. The first-order valence-corrected chi connectivity index (χ1v) is 9.15. The van der Waals surface area contributed by atoms with Gasteiger partial charge >= 0.3 is 0 Å². The van der Waals surface area contributed by atoms with Crippen LogP contribution in [0.2, 0.25) is 5.02 Å². The number of aryl methyl sites for hydroxylation is 1. The first-order chi connectivity index (χ1) is 11.0. The van der Waals surface area contributed by atoms with Gasteiger partial charge in [-0.2, -0.15) is 0 Å². The van der Waals surface area contributed by atoms with Gasteiger partial charge in [0, 0.05) is 9.50 Å². The molecule has 1 saturated heterocycles. The van der Waals surface area contributed by atoms with E-state index in [1.165, 1.54) is 16.7 Å². The summed E-state index contributed by atoms with van der Waals surface area (Å²) in [6.45, 7) is 1.92. The highest BCUT2D eigenvalue weighted by Crippen LogP contribution is 2.37. The molecule has 0 N–H and O–H groups in total. The highest BCUT2D eigenvalue weighted by atomic mass is 79.9. The Labute approximate surface area is 157 Å². The fourth-order valence-corrected chi connectivity index (χ4v) is 4.01. The zero-order valence-electron chi connectivity index (χ0n) is 12.0. The molecule has 0 spiro atoms. The number of thiocarbonyl (C=S) groups is 1. The van der Waals surface area contributed by atoms with Crippen LogP contribution in [0.1, 0.15) is 11.1 Å². The average molecular weight is 425 g/mol. The van der Waals surface area contributed by atoms with Gasteiger partial charge in [-0.05, 0) is 42.3 Å². The number of thioether (sulfide) groups is 1. The minimum absolute atomic E-state index is 0.129. The maximum atomic E-state index is 12.7. The van der Waals surface area contributed by atoms with Crippen LogP contribution in [0, 0.1) is 6.92 Å². The SMILES string of the molecule is Cc1ccc(N2C(=O)/C(=C/c3ccccc3Br)SC2=S)cc1Cl. The number of halogens is 2. The Bertz CT molecular complexity index is 850. The molecule has 2 aromatic carbocycles. The standard InChI is InChI=1S/C17H11BrClNOS2/c1-10-6-7-12(9-14(10)19)20-16(21)15(23-17(20)22)8-11-4-2-3-5-13(11)18/h2-9H,1H3/b15-8-. The van der Waals surface area contributed by atoms with Crippen LogP contribution in [0.3, 0.4) is 0 Å². The third-order valence-electron chi connectivity index (χ3n) is 3.40. The van der Waals surface area contributed by atoms with E-state index in [0.29, 0.717) is 19.9 Å². The molecule has 0 radical (unpaired) electrons. The van der Waals surface area contributed by atoms with Crippen molar-refractivity contribution in [3.05, 3.63) is 68.0 Å². The van der Waals surface area contributed by atoms with Gasteiger partial charge in [-0.25, -0.2) is 0 Å². The molecule has 2 nitrogen and oxygen atoms in total. The van der Waals surface area contributed by atoms with E-state index in [4.69, 9.17) is 23.8 Å². The van der Waals surface area contributed by atoms with Gasteiger partial charge in [0.15, 0.2) is 4.32 Å². The molecule has 0 aliphatic carbocycles. The summed E-state index contributed by atoms with van der Waals surface area (Å²) in [7, 11) is 0. The van der Waals surface area contributed by atoms with Crippen molar-refractivity contribution in [2.45, 2.75) is 6.92 Å². The molecule has 0 saturated carbocycles. The number of anilines is 1. The Hall–Kier alpha value is -1.14. The molecule has 1 amide bonds. The first kappa shape index (κ1) is 16.7. The van der Waals surface area contributed by atoms with Crippen molar-refractivity contribution < 1.29 is 4.79 Å². The largest absolute Gasteiger partial charge is 0.270 e. The third-order valence-corrected chi connectivity index (χ3v) is 5.83. The van der Waals surface area contributed by atoms with Gasteiger partial charge in [0.25, 0.3) is 5.91 Å². The highest BCUT2D eigenvalue weighted by molar-refractivity contribution is 9.10. The summed E-state index contributed by atoms with van der Waals surface area (Å²) in [4.78, 5) is 14.8. The molecule has 1 heterocycles. The zero-order valence-corrected chi connectivity index (χ0v) is 16.0. The van der Waals surface area contributed by atoms with E-state index < -0.39 is 0 Å². The number of rotatable bonds is 2. The minimum atomic E-state index is -0.129. The lowest BCUT2D eigenvalue weighted by molar-refractivity contribution is -0.113. The molecule has 2 aromatic rings. The zero-order chi connectivity index (χ0) is 16.6. The third kappa shape index (κ3) is 3.38. The summed E-state index contributed by atoms with van der Waals surface area (Å²) < 4.78 is 1.44. The Morgan fingerprint density at radius 1 is 1.26 bits per heavy atom. The Kier molecular flexibility index (Phi) is 4.92. The topological polar surface area (TPSA) is 20.3 Å². The number of hydrogen-bond acceptors (Lipinski definition) is 3. The first-order valence-electron chi connectivity index (χ1n) is 6.76. The smallest absolute Gasteiger partial charge is 0.268 e. The van der Waals surface area contributed by atoms with Crippen LogP contribution in [-0.2, 0) is 4.79 Å². The van der Waals surface area contributed by atoms with Crippen molar-refractivity contribution in [3.63, 3.8) is 0 Å². The highest BCUT2D eigenvalue weighted by Gasteiger charge is 2.33. The summed E-state index contributed by atoms with van der Waals surface area (Å²) in [6.07, 6.45) is 1.85. The lowest BCUT2D eigenvalue weighted by Crippen LogP contribution is -2.27. The van der Waals surface area contributed by atoms with Crippen LogP contribution < -0.4 is 4.90 Å². The predicted molar refractivity (Wildman–Crippen MR) is 106 cm³/mol. The van der Waals surface area contributed by atoms with E-state index >= 15 is 0 Å². The van der Waals surface area contributed by atoms with E-state index in [0.717, 1.165) is 15.6 Å². The Balaban J connectivity index is 1.97. The van der Waals surface area contributed by atoms with Gasteiger partial charge in [0.2, 0.25) is 0 Å². The van der Waals surface area contributed by atoms with Gasteiger partial charge in [-0.1, -0.05) is 75.8 Å². The molecule has 1 aliphatic heterocycles. The number of carbonyl (C=O) groups is 1. The van der Waals surface area contributed by atoms with Crippen molar-refractivity contribution in [2.24, 2.45) is 0 Å². The summed E-state index contributed by atoms with van der Waals surface area (Å²) in [6, 6.07) is 13.2. The summed E-state index contributed by atoms with van der Waals surface area (Å²) >= 11 is 16.3. The molecule has 0 bridgehead atoms. The summed E-state index contributed by atoms with van der Waals surface area (Å²) in [5, 5.41) is 0.617. The Morgan fingerprint density at radius 3 is 2.70 bits per heavy atom. The van der Waals surface area contributed by atoms with Crippen LogP contribution in [-0.4, -0.2) is 10.2 Å². The van der Waals surface area contributed by atoms with Crippen molar-refractivity contribution in [3.8, 4) is 0 Å². The molecule has 0 aromatic heterocycles. The number of nitrogens with zero attached hydrogens (tertiary/aromatic N) is 1. The van der Waals surface area contributed by atoms with Gasteiger partial charge < -0.3 is 0 Å². The van der Waals surface area contributed by atoms with E-state index in [1.807, 2.05) is 49.4 Å². The van der Waals surface area contributed by atoms with Crippen molar-refractivity contribution in [1.82, 2.24) is 0 Å². The monoisotopic (exact) mass is 423 g/mol. The molecule has 0 atom stereocenters. The lowest BCUT2D eigenvalue weighted by Gasteiger charge is -2.15. The lowest BCUT2D eigenvalue weighted by atomic mass is 10.2. The maximum Gasteiger partial charge on any atom is 0.270 e. The van der Waals surface area contributed by atoms with Crippen molar-refractivity contribution >= 4 is 73.5 Å². The minimum Gasteiger partial charge on any atom is -0.268 e. The van der Waals surface area contributed by atoms with Gasteiger partial charge in [-0.3, -0.25) is 9.69 Å². The van der Waals surface area contributed by atoms with Crippen LogP contribution >= 0.6 is 51.5 Å². The molecule has 6 heteroatoms. The quantitative estimate of drug-likeness (QED) is 0.448. The summed E-state index contributed by atoms with van der Waals surface area (Å²) in [5.41, 5.74) is 2.60. The average Bonchev–Trinajstić information content (AvgIpc) is 2.79. The second-order valence-corrected chi connectivity index (χ2v) is 7.91. The number of benzene rings is 2. The Morgan fingerprint density at radius 2 is 2.00 bits per heavy atom. The fourth-order valence-electron chi connectivity index (χ4n) is 2.14. The number of hydrogen-bond donors (Lipinski definition) is 0. The van der Waals surface area contributed by atoms with Gasteiger partial charge in [-0.15, -0.1) is 0 Å². The molecule has 116 valence electrons. The molecular formula is C17H11BrClNOS2. The van der Waals surface area contributed by atoms with Gasteiger partial charge in [0.1, 0.15) is 0 Å².